The van der Waals surface area contributed by atoms with Gasteiger partial charge in [-0.2, -0.15) is 0 Å². The molecule has 0 saturated carbocycles. The maximum atomic E-state index is 2.54. The number of fused-ring (bicyclic) bond motifs is 7. The normalized spacial score (nSPS) is 15.6. The second-order valence-corrected chi connectivity index (χ2v) is 15.7. The van der Waals surface area contributed by atoms with Crippen molar-refractivity contribution in [1.82, 2.24) is 4.57 Å². The molecule has 0 aliphatic heterocycles. The molecule has 2 aliphatic carbocycles. The summed E-state index contributed by atoms with van der Waals surface area (Å²) in [7, 11) is 0. The molecule has 2 aliphatic rings. The summed E-state index contributed by atoms with van der Waals surface area (Å²) in [5, 5.41) is 2.57. The number of rotatable bonds is 7. The summed E-state index contributed by atoms with van der Waals surface area (Å²) in [6.45, 7) is 2.31. The first-order valence-electron chi connectivity index (χ1n) is 20.3. The highest BCUT2D eigenvalue weighted by Gasteiger charge is 2.45. The van der Waals surface area contributed by atoms with Gasteiger partial charge < -0.3 is 14.4 Å². The fourth-order valence-corrected chi connectivity index (χ4v) is 10.2. The van der Waals surface area contributed by atoms with Crippen LogP contribution in [0.25, 0.3) is 27.5 Å². The summed E-state index contributed by atoms with van der Waals surface area (Å²) in [5.41, 5.74) is 17.9. The van der Waals surface area contributed by atoms with Gasteiger partial charge in [-0.25, -0.2) is 0 Å². The molecule has 3 heteroatoms. The van der Waals surface area contributed by atoms with Crippen LogP contribution in [0, 0.1) is 6.92 Å². The lowest BCUT2D eigenvalue weighted by Gasteiger charge is -2.32. The molecule has 1 spiro atoms. The third-order valence-electron chi connectivity index (χ3n) is 12.7. The Labute approximate surface area is 334 Å². The number of aromatic nitrogens is 1. The molecule has 0 radical (unpaired) electrons. The molecule has 1 heterocycles. The van der Waals surface area contributed by atoms with Gasteiger partial charge in [0.05, 0.1) is 11.0 Å². The number of aryl methyl sites for hydroxylation is 3. The Morgan fingerprint density at radius 3 is 1.51 bits per heavy atom. The van der Waals surface area contributed by atoms with Crippen LogP contribution in [0.2, 0.25) is 0 Å². The fraction of sp³-hybridized carbons (Fsp3) is 0.111. The van der Waals surface area contributed by atoms with Crippen molar-refractivity contribution in [3.05, 3.63) is 222 Å². The molecular formula is C54H43N3. The predicted molar refractivity (Wildman–Crippen MR) is 239 cm³/mol. The number of benzene rings is 8. The van der Waals surface area contributed by atoms with Gasteiger partial charge in [0.1, 0.15) is 0 Å². The number of nitrogens with zero attached hydrogens (tertiary/aromatic N) is 3. The minimum atomic E-state index is -0.0276. The minimum Gasteiger partial charge on any atom is -0.310 e. The largest absolute Gasteiger partial charge is 0.310 e. The molecule has 8 aromatic carbocycles. The van der Waals surface area contributed by atoms with Gasteiger partial charge in [0.25, 0.3) is 0 Å². The highest BCUT2D eigenvalue weighted by atomic mass is 15.2. The van der Waals surface area contributed by atoms with E-state index in [4.69, 9.17) is 0 Å². The summed E-state index contributed by atoms with van der Waals surface area (Å²) in [4.78, 5) is 4.90. The van der Waals surface area contributed by atoms with Gasteiger partial charge in [0, 0.05) is 56.0 Å². The van der Waals surface area contributed by atoms with Crippen LogP contribution in [0.5, 0.6) is 0 Å². The van der Waals surface area contributed by atoms with Crippen LogP contribution >= 0.6 is 0 Å². The SMILES string of the molecule is Cc1c(N(c2ccccc2)c2ccc3c(c2)[C@]2(CCc4ccc(N(c5ccccc5)c5ccccc5)cc42)CC3)ccc2c1c1ccccc1n2-c1ccccc1. The molecule has 0 fully saturated rings. The van der Waals surface area contributed by atoms with Gasteiger partial charge in [-0.05, 0) is 151 Å². The number of anilines is 6. The molecule has 3 nitrogen and oxygen atoms in total. The Kier molecular flexibility index (Phi) is 7.89. The van der Waals surface area contributed by atoms with Gasteiger partial charge in [-0.15, -0.1) is 0 Å². The summed E-state index contributed by atoms with van der Waals surface area (Å²) in [5.74, 6) is 0. The molecule has 1 atom stereocenters. The van der Waals surface area contributed by atoms with E-state index in [9.17, 15) is 0 Å². The Bertz CT molecular complexity index is 2870. The number of hydrogen-bond donors (Lipinski definition) is 0. The van der Waals surface area contributed by atoms with Crippen molar-refractivity contribution in [2.75, 3.05) is 9.80 Å². The van der Waals surface area contributed by atoms with Gasteiger partial charge in [-0.1, -0.05) is 103 Å². The lowest BCUT2D eigenvalue weighted by atomic mass is 9.76. The van der Waals surface area contributed by atoms with E-state index in [1.807, 2.05) is 0 Å². The van der Waals surface area contributed by atoms with Crippen LogP contribution < -0.4 is 9.80 Å². The first kappa shape index (κ1) is 33.5. The van der Waals surface area contributed by atoms with Crippen molar-refractivity contribution in [2.45, 2.75) is 38.0 Å². The summed E-state index contributed by atoms with van der Waals surface area (Å²) >= 11 is 0. The average molecular weight is 734 g/mol. The zero-order chi connectivity index (χ0) is 37.9. The van der Waals surface area contributed by atoms with Crippen molar-refractivity contribution >= 4 is 55.9 Å². The van der Waals surface area contributed by atoms with Crippen molar-refractivity contribution in [1.29, 1.82) is 0 Å². The van der Waals surface area contributed by atoms with E-state index in [1.165, 1.54) is 83.7 Å². The van der Waals surface area contributed by atoms with Crippen molar-refractivity contribution in [2.24, 2.45) is 0 Å². The maximum absolute atomic E-state index is 2.54. The fourth-order valence-electron chi connectivity index (χ4n) is 10.2. The van der Waals surface area contributed by atoms with Crippen molar-refractivity contribution in [3.63, 3.8) is 0 Å². The van der Waals surface area contributed by atoms with Crippen LogP contribution in [0.15, 0.2) is 194 Å². The van der Waals surface area contributed by atoms with E-state index < -0.39 is 0 Å². The monoisotopic (exact) mass is 733 g/mol. The van der Waals surface area contributed by atoms with Crippen molar-refractivity contribution in [3.8, 4) is 5.69 Å². The standard InChI is InChI=1S/C54H43N3/c1-38-50(30-31-52-53(38)47-24-14-15-25-51(47)57(52)44-22-12-5-13-23-44)56(43-20-10-4-11-21-43)46-29-27-40-33-35-54(49(40)37-46)34-32-39-26-28-45(36-48(39)54)55(41-16-6-2-7-17-41)42-18-8-3-9-19-42/h2-31,36-37H,32-35H2,1H3/t54-/m1/s1. The quantitative estimate of drug-likeness (QED) is 0.162. The topological polar surface area (TPSA) is 11.4 Å². The van der Waals surface area contributed by atoms with E-state index in [-0.39, 0.29) is 5.41 Å². The molecule has 0 bridgehead atoms. The van der Waals surface area contributed by atoms with Crippen LogP contribution in [0.3, 0.4) is 0 Å². The molecule has 274 valence electrons. The Morgan fingerprint density at radius 1 is 0.439 bits per heavy atom. The maximum Gasteiger partial charge on any atom is 0.0545 e. The summed E-state index contributed by atoms with van der Waals surface area (Å²) in [6, 6.07) is 71.3. The smallest absolute Gasteiger partial charge is 0.0545 e. The second-order valence-electron chi connectivity index (χ2n) is 15.7. The van der Waals surface area contributed by atoms with Gasteiger partial charge in [0.15, 0.2) is 0 Å². The molecular weight excluding hydrogens is 691 g/mol. The van der Waals surface area contributed by atoms with Crippen molar-refractivity contribution < 1.29 is 0 Å². The second kappa shape index (κ2) is 13.4. The third-order valence-corrected chi connectivity index (χ3v) is 12.7. The molecule has 0 unspecified atom stereocenters. The van der Waals surface area contributed by atoms with Crippen LogP contribution in [0.4, 0.5) is 34.1 Å². The summed E-state index contributed by atoms with van der Waals surface area (Å²) in [6.07, 6.45) is 4.46. The minimum absolute atomic E-state index is 0.0276. The molecule has 57 heavy (non-hydrogen) atoms. The first-order chi connectivity index (χ1) is 28.2. The molecule has 1 aromatic heterocycles. The van der Waals surface area contributed by atoms with Crippen LogP contribution in [0.1, 0.15) is 40.7 Å². The lowest BCUT2D eigenvalue weighted by molar-refractivity contribution is 0.507. The van der Waals surface area contributed by atoms with E-state index in [1.54, 1.807) is 0 Å². The average Bonchev–Trinajstić information content (AvgIpc) is 3.95. The summed E-state index contributed by atoms with van der Waals surface area (Å²) < 4.78 is 2.41. The molecule has 11 rings (SSSR count). The zero-order valence-corrected chi connectivity index (χ0v) is 32.1. The molecule has 0 N–H and O–H groups in total. The Hall–Kier alpha value is -6.84. The highest BCUT2D eigenvalue weighted by molar-refractivity contribution is 6.12. The van der Waals surface area contributed by atoms with E-state index >= 15 is 0 Å². The Balaban J connectivity index is 1.07. The Morgan fingerprint density at radius 2 is 0.930 bits per heavy atom. The van der Waals surface area contributed by atoms with E-state index in [2.05, 4.69) is 215 Å². The van der Waals surface area contributed by atoms with Gasteiger partial charge in [-0.3, -0.25) is 0 Å². The van der Waals surface area contributed by atoms with Crippen LogP contribution in [-0.4, -0.2) is 4.57 Å². The molecule has 0 saturated heterocycles. The number of para-hydroxylation sites is 5. The zero-order valence-electron chi connectivity index (χ0n) is 32.1. The predicted octanol–water partition coefficient (Wildman–Crippen LogP) is 14.2. The third kappa shape index (κ3) is 5.33. The van der Waals surface area contributed by atoms with E-state index in [0.717, 1.165) is 31.4 Å². The highest BCUT2D eigenvalue weighted by Crippen LogP contribution is 2.55. The van der Waals surface area contributed by atoms with Gasteiger partial charge in [0.2, 0.25) is 0 Å². The van der Waals surface area contributed by atoms with Crippen LogP contribution in [-0.2, 0) is 18.3 Å². The molecule has 0 amide bonds. The first-order valence-corrected chi connectivity index (χ1v) is 20.3. The number of hydrogen-bond acceptors (Lipinski definition) is 2. The van der Waals surface area contributed by atoms with E-state index in [0.29, 0.717) is 0 Å². The lowest BCUT2D eigenvalue weighted by Crippen LogP contribution is -2.22. The molecule has 9 aromatic rings. The van der Waals surface area contributed by atoms with Gasteiger partial charge >= 0.3 is 0 Å².